The molecule has 1 heterocycles. The molecule has 2 N–H and O–H groups in total. The zero-order valence-electron chi connectivity index (χ0n) is 13.1. The average Bonchev–Trinajstić information content (AvgIpc) is 2.59. The van der Waals surface area contributed by atoms with Crippen LogP contribution in [0, 0.1) is 0 Å². The van der Waals surface area contributed by atoms with Crippen LogP contribution in [0.3, 0.4) is 0 Å². The molecule has 132 valence electrons. The fourth-order valence-corrected chi connectivity index (χ4v) is 2.45. The molecule has 2 aromatic carbocycles. The number of fused-ring (bicyclic) bond motifs is 1. The highest BCUT2D eigenvalue weighted by molar-refractivity contribution is 5.64. The van der Waals surface area contributed by atoms with Gasteiger partial charge < -0.3 is 14.7 Å². The van der Waals surface area contributed by atoms with Gasteiger partial charge in [-0.3, -0.25) is 0 Å². The Morgan fingerprint density at radius 3 is 2.56 bits per heavy atom. The van der Waals surface area contributed by atoms with Gasteiger partial charge in [-0.05, 0) is 47.5 Å². The molecule has 25 heavy (non-hydrogen) atoms. The largest absolute Gasteiger partial charge is 0.489 e. The summed E-state index contributed by atoms with van der Waals surface area (Å²) in [7, 11) is 0. The van der Waals surface area contributed by atoms with Gasteiger partial charge in [-0.2, -0.15) is 13.2 Å². The molecule has 0 amide bonds. The van der Waals surface area contributed by atoms with E-state index in [0.29, 0.717) is 30.2 Å². The van der Waals surface area contributed by atoms with E-state index in [1.165, 1.54) is 12.1 Å². The van der Waals surface area contributed by atoms with E-state index in [2.05, 4.69) is 5.48 Å². The lowest BCUT2D eigenvalue weighted by molar-refractivity contribution is -0.137. The first-order chi connectivity index (χ1) is 12.0. The van der Waals surface area contributed by atoms with Crippen LogP contribution >= 0.6 is 0 Å². The van der Waals surface area contributed by atoms with Crippen molar-refractivity contribution >= 4 is 6.08 Å². The Kier molecular flexibility index (Phi) is 4.96. The Bertz CT molecular complexity index is 770. The second kappa shape index (κ2) is 7.16. The smallest absolute Gasteiger partial charge is 0.416 e. The van der Waals surface area contributed by atoms with Crippen molar-refractivity contribution in [3.05, 3.63) is 64.7 Å². The molecule has 0 unspecified atom stereocenters. The van der Waals surface area contributed by atoms with Gasteiger partial charge in [0.2, 0.25) is 0 Å². The molecular weight excluding hydrogens is 335 g/mol. The second-order valence-electron chi connectivity index (χ2n) is 5.61. The van der Waals surface area contributed by atoms with Gasteiger partial charge in [0.15, 0.2) is 0 Å². The fourth-order valence-electron chi connectivity index (χ4n) is 2.45. The van der Waals surface area contributed by atoms with Crippen LogP contribution in [-0.4, -0.2) is 18.4 Å². The van der Waals surface area contributed by atoms with Crippen LogP contribution in [0.2, 0.25) is 0 Å². The molecule has 0 saturated heterocycles. The normalized spacial score (nSPS) is 13.7. The van der Waals surface area contributed by atoms with Crippen LogP contribution in [0.5, 0.6) is 11.5 Å². The molecule has 0 fully saturated rings. The van der Waals surface area contributed by atoms with E-state index in [1.54, 1.807) is 18.2 Å². The van der Waals surface area contributed by atoms with Crippen LogP contribution < -0.4 is 15.0 Å². The summed E-state index contributed by atoms with van der Waals surface area (Å²) in [6.07, 6.45) is -2.45. The Balaban J connectivity index is 1.67. The third-order valence-electron chi connectivity index (χ3n) is 3.75. The lowest BCUT2D eigenvalue weighted by Gasteiger charge is -2.18. The molecule has 7 heteroatoms. The number of rotatable bonds is 5. The molecule has 4 nitrogen and oxygen atoms in total. The molecule has 2 aromatic rings. The highest BCUT2D eigenvalue weighted by atomic mass is 19.4. The summed E-state index contributed by atoms with van der Waals surface area (Å²) in [6.45, 7) is 0.856. The Morgan fingerprint density at radius 1 is 1.12 bits per heavy atom. The van der Waals surface area contributed by atoms with Gasteiger partial charge >= 0.3 is 6.18 Å². The predicted molar refractivity (Wildman–Crippen MR) is 85.5 cm³/mol. The van der Waals surface area contributed by atoms with Gasteiger partial charge in [-0.15, -0.1) is 0 Å². The monoisotopic (exact) mass is 351 g/mol. The Hall–Kier alpha value is -2.51. The second-order valence-corrected chi connectivity index (χ2v) is 5.61. The summed E-state index contributed by atoms with van der Waals surface area (Å²) in [4.78, 5) is 0. The summed E-state index contributed by atoms with van der Waals surface area (Å²) < 4.78 is 48.9. The minimum Gasteiger partial charge on any atom is -0.489 e. The van der Waals surface area contributed by atoms with Crippen molar-refractivity contribution < 1.29 is 27.9 Å². The Labute approximate surface area is 142 Å². The molecule has 0 radical (unpaired) electrons. The number of alkyl halides is 3. The highest BCUT2D eigenvalue weighted by Crippen LogP contribution is 2.31. The van der Waals surface area contributed by atoms with Crippen LogP contribution in [0.4, 0.5) is 13.2 Å². The molecule has 1 aliphatic heterocycles. The van der Waals surface area contributed by atoms with Crippen molar-refractivity contribution in [2.45, 2.75) is 12.8 Å². The first-order valence-corrected chi connectivity index (χ1v) is 7.58. The van der Waals surface area contributed by atoms with E-state index in [1.807, 2.05) is 6.08 Å². The number of benzene rings is 2. The van der Waals surface area contributed by atoms with E-state index in [-0.39, 0.29) is 6.61 Å². The van der Waals surface area contributed by atoms with Crippen molar-refractivity contribution in [2.75, 3.05) is 13.2 Å². The number of hydrogen-bond donors (Lipinski definition) is 2. The quantitative estimate of drug-likeness (QED) is 0.799. The molecule has 0 saturated carbocycles. The van der Waals surface area contributed by atoms with Crippen molar-refractivity contribution in [3.8, 4) is 11.5 Å². The third-order valence-corrected chi connectivity index (χ3v) is 3.75. The fraction of sp³-hybridized carbons (Fsp3) is 0.222. The number of nitrogens with one attached hydrogen (secondary N) is 1. The van der Waals surface area contributed by atoms with Gasteiger partial charge in [0, 0.05) is 12.1 Å². The van der Waals surface area contributed by atoms with E-state index < -0.39 is 11.7 Å². The van der Waals surface area contributed by atoms with Crippen LogP contribution in [0.25, 0.3) is 6.08 Å². The van der Waals surface area contributed by atoms with Crippen molar-refractivity contribution in [1.29, 1.82) is 0 Å². The summed E-state index contributed by atoms with van der Waals surface area (Å²) in [5.41, 5.74) is 3.75. The van der Waals surface area contributed by atoms with E-state index >= 15 is 0 Å². The zero-order valence-corrected chi connectivity index (χ0v) is 13.1. The number of hydrogen-bond acceptors (Lipinski definition) is 4. The topological polar surface area (TPSA) is 50.7 Å². The molecular formula is C18H16F3NO3. The number of halogens is 3. The maximum atomic E-state index is 12.5. The van der Waals surface area contributed by atoms with Crippen molar-refractivity contribution in [3.63, 3.8) is 0 Å². The minimum atomic E-state index is -4.34. The van der Waals surface area contributed by atoms with Crippen LogP contribution in [0.1, 0.15) is 16.7 Å². The van der Waals surface area contributed by atoms with Gasteiger partial charge in [-0.25, -0.2) is 5.48 Å². The predicted octanol–water partition coefficient (Wildman–Crippen LogP) is 4.04. The first kappa shape index (κ1) is 17.3. The average molecular weight is 351 g/mol. The van der Waals surface area contributed by atoms with Gasteiger partial charge in [0.05, 0.1) is 5.56 Å². The maximum Gasteiger partial charge on any atom is 0.416 e. The summed E-state index contributed by atoms with van der Waals surface area (Å²) >= 11 is 0. The number of hydroxylamine groups is 1. The molecule has 0 bridgehead atoms. The highest BCUT2D eigenvalue weighted by Gasteiger charge is 2.29. The van der Waals surface area contributed by atoms with Crippen molar-refractivity contribution in [2.24, 2.45) is 0 Å². The van der Waals surface area contributed by atoms with Crippen molar-refractivity contribution in [1.82, 2.24) is 5.48 Å². The maximum absolute atomic E-state index is 12.5. The summed E-state index contributed by atoms with van der Waals surface area (Å²) in [5, 5.41) is 8.76. The molecule has 1 aliphatic rings. The summed E-state index contributed by atoms with van der Waals surface area (Å²) in [5.74, 6) is 1.29. The molecule has 0 aliphatic carbocycles. The van der Waals surface area contributed by atoms with Crippen LogP contribution in [0.15, 0.2) is 48.0 Å². The van der Waals surface area contributed by atoms with Gasteiger partial charge in [0.1, 0.15) is 24.7 Å². The van der Waals surface area contributed by atoms with Crippen LogP contribution in [-0.2, 0) is 12.8 Å². The standard InChI is InChI=1S/C18H16F3NO3/c19-18(20,21)15-3-1-12(2-4-15)10-24-16-5-6-17-14(8-16)7-13(9-22-23)11-25-17/h1-8,22-23H,9-11H2. The van der Waals surface area contributed by atoms with Gasteiger partial charge in [-0.1, -0.05) is 12.1 Å². The lowest BCUT2D eigenvalue weighted by Crippen LogP contribution is -2.18. The zero-order chi connectivity index (χ0) is 17.9. The minimum absolute atomic E-state index is 0.159. The summed E-state index contributed by atoms with van der Waals surface area (Å²) in [6, 6.07) is 10.2. The number of ether oxygens (including phenoxy) is 2. The lowest BCUT2D eigenvalue weighted by atomic mass is 10.1. The van der Waals surface area contributed by atoms with E-state index in [4.69, 9.17) is 14.7 Å². The Morgan fingerprint density at radius 2 is 1.88 bits per heavy atom. The molecule has 0 atom stereocenters. The van der Waals surface area contributed by atoms with E-state index in [0.717, 1.165) is 23.3 Å². The van der Waals surface area contributed by atoms with E-state index in [9.17, 15) is 13.2 Å². The molecule has 3 rings (SSSR count). The molecule has 0 aromatic heterocycles. The third kappa shape index (κ3) is 4.32. The first-order valence-electron chi connectivity index (χ1n) is 7.58. The van der Waals surface area contributed by atoms with Gasteiger partial charge in [0.25, 0.3) is 0 Å². The molecule has 0 spiro atoms. The SMILES string of the molecule is ONCC1=Cc2cc(OCc3ccc(C(F)(F)F)cc3)ccc2OC1.